The smallest absolute Gasteiger partial charge is 0.303 e. The van der Waals surface area contributed by atoms with Crippen molar-refractivity contribution in [2.24, 2.45) is 0 Å². The van der Waals surface area contributed by atoms with Crippen LogP contribution in [-0.2, 0) is 25.5 Å². The van der Waals surface area contributed by atoms with E-state index in [1.807, 2.05) is 66.7 Å². The highest BCUT2D eigenvalue weighted by atomic mass is 16.6. The number of carbonyl (C=O) groups is 2. The first-order valence-corrected chi connectivity index (χ1v) is 16.1. The van der Waals surface area contributed by atoms with E-state index in [0.717, 1.165) is 27.8 Å². The zero-order valence-corrected chi connectivity index (χ0v) is 29.0. The van der Waals surface area contributed by atoms with Gasteiger partial charge in [0.1, 0.15) is 34.9 Å². The number of benzene rings is 4. The maximum Gasteiger partial charge on any atom is 0.303 e. The Bertz CT molecular complexity index is 1870. The van der Waals surface area contributed by atoms with E-state index in [4.69, 9.17) is 42.6 Å². The van der Waals surface area contributed by atoms with Crippen LogP contribution in [0.15, 0.2) is 72.8 Å². The van der Waals surface area contributed by atoms with Crippen molar-refractivity contribution in [2.45, 2.75) is 50.6 Å². The highest BCUT2D eigenvalue weighted by molar-refractivity contribution is 5.68. The fraction of sp³-hybridized carbons (Fsp3) is 0.333. The molecule has 0 aromatic heterocycles. The van der Waals surface area contributed by atoms with E-state index in [-0.39, 0.29) is 0 Å². The molecule has 0 unspecified atom stereocenters. The van der Waals surface area contributed by atoms with E-state index >= 15 is 0 Å². The molecule has 11 heteroatoms. The van der Waals surface area contributed by atoms with E-state index in [0.29, 0.717) is 46.7 Å². The predicted octanol–water partition coefficient (Wildman–Crippen LogP) is 6.53. The van der Waals surface area contributed by atoms with Gasteiger partial charge in [0.2, 0.25) is 0 Å². The van der Waals surface area contributed by atoms with Gasteiger partial charge in [-0.1, -0.05) is 24.3 Å². The van der Waals surface area contributed by atoms with Crippen LogP contribution in [0.4, 0.5) is 0 Å². The Morgan fingerprint density at radius 3 is 1.86 bits per heavy atom. The second-order valence-electron chi connectivity index (χ2n) is 12.0. The van der Waals surface area contributed by atoms with Gasteiger partial charge in [-0.05, 0) is 47.5 Å². The third-order valence-corrected chi connectivity index (χ3v) is 9.00. The highest BCUT2D eigenvalue weighted by Gasteiger charge is 2.45. The van der Waals surface area contributed by atoms with Gasteiger partial charge in [-0.3, -0.25) is 9.59 Å². The molecule has 0 aliphatic carbocycles. The third kappa shape index (κ3) is 6.67. The molecule has 262 valence electrons. The predicted molar refractivity (Wildman–Crippen MR) is 182 cm³/mol. The van der Waals surface area contributed by atoms with E-state index in [1.165, 1.54) is 13.8 Å². The van der Waals surface area contributed by atoms with Gasteiger partial charge in [-0.2, -0.15) is 0 Å². The quantitative estimate of drug-likeness (QED) is 0.170. The van der Waals surface area contributed by atoms with Gasteiger partial charge in [0.05, 0.1) is 41.5 Å². The number of esters is 2. The molecule has 5 atom stereocenters. The van der Waals surface area contributed by atoms with E-state index in [9.17, 15) is 9.59 Å². The van der Waals surface area contributed by atoms with E-state index in [2.05, 4.69) is 0 Å². The number of methoxy groups -OCH3 is 5. The van der Waals surface area contributed by atoms with Crippen molar-refractivity contribution in [2.75, 3.05) is 35.5 Å². The SMILES string of the molecule is COc1ccc([C@H]2Oc3cc(OC)ccc3[C@@H](c3cc4c(cc3OC)O[C@H](c3ccc(OC)c(OC)c3)[C@@H](OC(C)=O)C4)[C@@H]2OC(C)=O)cc1. The molecule has 4 aromatic rings. The Morgan fingerprint density at radius 1 is 0.580 bits per heavy atom. The number of hydrogen-bond donors (Lipinski definition) is 0. The molecule has 50 heavy (non-hydrogen) atoms. The lowest BCUT2D eigenvalue weighted by molar-refractivity contribution is -0.154. The van der Waals surface area contributed by atoms with Gasteiger partial charge in [0.15, 0.2) is 29.8 Å². The van der Waals surface area contributed by atoms with Crippen molar-refractivity contribution in [3.63, 3.8) is 0 Å². The number of ether oxygens (including phenoxy) is 9. The van der Waals surface area contributed by atoms with Gasteiger partial charge in [-0.15, -0.1) is 0 Å². The molecule has 4 aromatic carbocycles. The first kappa shape index (κ1) is 34.3. The van der Waals surface area contributed by atoms with Crippen molar-refractivity contribution in [1.29, 1.82) is 0 Å². The zero-order valence-electron chi connectivity index (χ0n) is 29.0. The fourth-order valence-electron chi connectivity index (χ4n) is 6.75. The molecule has 0 saturated heterocycles. The molecular formula is C39H40O11. The van der Waals surface area contributed by atoms with Gasteiger partial charge >= 0.3 is 11.9 Å². The summed E-state index contributed by atoms with van der Waals surface area (Å²) in [6.45, 7) is 2.75. The summed E-state index contributed by atoms with van der Waals surface area (Å²) in [7, 11) is 7.89. The lowest BCUT2D eigenvalue weighted by Gasteiger charge is -2.40. The Morgan fingerprint density at radius 2 is 1.22 bits per heavy atom. The van der Waals surface area contributed by atoms with E-state index < -0.39 is 42.3 Å². The van der Waals surface area contributed by atoms with Crippen molar-refractivity contribution in [1.82, 2.24) is 0 Å². The Kier molecular flexibility index (Phi) is 9.94. The van der Waals surface area contributed by atoms with Crippen molar-refractivity contribution >= 4 is 11.9 Å². The highest BCUT2D eigenvalue weighted by Crippen LogP contribution is 2.52. The molecule has 6 rings (SSSR count). The monoisotopic (exact) mass is 684 g/mol. The third-order valence-electron chi connectivity index (χ3n) is 9.00. The van der Waals surface area contributed by atoms with Gasteiger partial charge in [0, 0.05) is 49.1 Å². The molecule has 2 aliphatic heterocycles. The molecule has 0 bridgehead atoms. The lowest BCUT2D eigenvalue weighted by atomic mass is 9.78. The normalized spacial score (nSPS) is 20.5. The summed E-state index contributed by atoms with van der Waals surface area (Å²) in [4.78, 5) is 25.1. The first-order chi connectivity index (χ1) is 24.2. The first-order valence-electron chi connectivity index (χ1n) is 16.1. The van der Waals surface area contributed by atoms with Crippen LogP contribution in [0.25, 0.3) is 0 Å². The van der Waals surface area contributed by atoms with Crippen LogP contribution < -0.4 is 33.2 Å². The minimum absolute atomic E-state index is 0.337. The topological polar surface area (TPSA) is 117 Å². The molecule has 0 N–H and O–H groups in total. The van der Waals surface area contributed by atoms with Crippen LogP contribution >= 0.6 is 0 Å². The number of rotatable bonds is 10. The molecule has 2 heterocycles. The fourth-order valence-corrected chi connectivity index (χ4v) is 6.75. The number of fused-ring (bicyclic) bond motifs is 2. The molecular weight excluding hydrogens is 644 g/mol. The Labute approximate surface area is 290 Å². The second kappa shape index (κ2) is 14.5. The second-order valence-corrected chi connectivity index (χ2v) is 12.0. The minimum Gasteiger partial charge on any atom is -0.497 e. The van der Waals surface area contributed by atoms with Gasteiger partial charge in [-0.25, -0.2) is 0 Å². The van der Waals surface area contributed by atoms with Crippen molar-refractivity contribution < 1.29 is 52.2 Å². The average molecular weight is 685 g/mol. The molecule has 0 amide bonds. The Balaban J connectivity index is 1.49. The van der Waals surface area contributed by atoms with Crippen LogP contribution in [0.2, 0.25) is 0 Å². The van der Waals surface area contributed by atoms with Crippen LogP contribution in [-0.4, -0.2) is 59.7 Å². The van der Waals surface area contributed by atoms with Crippen molar-refractivity contribution in [3.8, 4) is 40.2 Å². The minimum atomic E-state index is -0.804. The van der Waals surface area contributed by atoms with Crippen LogP contribution in [0.3, 0.4) is 0 Å². The summed E-state index contributed by atoms with van der Waals surface area (Å²) in [6.07, 6.45) is -2.48. The lowest BCUT2D eigenvalue weighted by Crippen LogP contribution is -2.39. The summed E-state index contributed by atoms with van der Waals surface area (Å²) < 4.78 is 53.1. The standard InChI is InChI=1S/C39H40O11/c1-21(40)47-35-18-25-16-29(32(45-6)20-31(25)49-37(35)24-10-15-30(44-5)34(17-24)46-7)36-28-14-13-27(43-4)19-33(28)50-38(39(36)48-22(2)41)23-8-11-26(42-3)12-9-23/h8-17,19-20,35-39H,18H2,1-7H3/t35-,36-,37+,38+,39-/m0/s1. The molecule has 0 saturated carbocycles. The largest absolute Gasteiger partial charge is 0.497 e. The summed E-state index contributed by atoms with van der Waals surface area (Å²) >= 11 is 0. The maximum atomic E-state index is 12.7. The zero-order chi connectivity index (χ0) is 35.5. The average Bonchev–Trinajstić information content (AvgIpc) is 3.12. The van der Waals surface area contributed by atoms with Crippen LogP contribution in [0.1, 0.15) is 59.8 Å². The number of hydrogen-bond acceptors (Lipinski definition) is 11. The summed E-state index contributed by atoms with van der Waals surface area (Å²) in [5, 5.41) is 0. The van der Waals surface area contributed by atoms with Crippen molar-refractivity contribution in [3.05, 3.63) is 101 Å². The summed E-state index contributed by atoms with van der Waals surface area (Å²) in [5.41, 5.74) is 3.82. The van der Waals surface area contributed by atoms with Crippen LogP contribution in [0.5, 0.6) is 40.2 Å². The van der Waals surface area contributed by atoms with Gasteiger partial charge in [0.25, 0.3) is 0 Å². The molecule has 0 spiro atoms. The number of carbonyl (C=O) groups excluding carboxylic acids is 2. The van der Waals surface area contributed by atoms with Crippen LogP contribution in [0, 0.1) is 0 Å². The molecule has 2 aliphatic rings. The van der Waals surface area contributed by atoms with Gasteiger partial charge < -0.3 is 42.6 Å². The molecule has 0 radical (unpaired) electrons. The summed E-state index contributed by atoms with van der Waals surface area (Å²) in [6, 6.07) is 22.3. The molecule has 0 fully saturated rings. The Hall–Kier alpha value is -5.58. The molecule has 11 nitrogen and oxygen atoms in total. The summed E-state index contributed by atoms with van der Waals surface area (Å²) in [5.74, 6) is 2.57. The van der Waals surface area contributed by atoms with E-state index in [1.54, 1.807) is 41.6 Å². The maximum absolute atomic E-state index is 12.7.